The van der Waals surface area contributed by atoms with Crippen molar-refractivity contribution in [1.29, 1.82) is 0 Å². The summed E-state index contributed by atoms with van der Waals surface area (Å²) in [6.07, 6.45) is 10.1. The predicted octanol–water partition coefficient (Wildman–Crippen LogP) is 4.39. The summed E-state index contributed by atoms with van der Waals surface area (Å²) in [5, 5.41) is 9.93. The van der Waals surface area contributed by atoms with Crippen LogP contribution in [-0.2, 0) is 11.3 Å². The number of nitrogens with zero attached hydrogens (tertiary/aromatic N) is 1. The molecule has 3 rings (SSSR count). The van der Waals surface area contributed by atoms with Crippen molar-refractivity contribution >= 4 is 17.6 Å². The summed E-state index contributed by atoms with van der Waals surface area (Å²) in [6.45, 7) is 5.22. The molecule has 1 saturated heterocycles. The van der Waals surface area contributed by atoms with E-state index in [4.69, 9.17) is 16.7 Å². The molecule has 1 aliphatic heterocycles. The number of halogens is 1. The Labute approximate surface area is 148 Å². The first-order valence-electron chi connectivity index (χ1n) is 8.55. The van der Waals surface area contributed by atoms with Crippen LogP contribution >= 0.6 is 11.6 Å². The van der Waals surface area contributed by atoms with Crippen LogP contribution in [0.1, 0.15) is 25.3 Å². The predicted molar refractivity (Wildman–Crippen MR) is 97.0 cm³/mol. The van der Waals surface area contributed by atoms with E-state index < -0.39 is 11.9 Å². The quantitative estimate of drug-likeness (QED) is 0.823. The van der Waals surface area contributed by atoms with Crippen molar-refractivity contribution in [2.75, 3.05) is 13.1 Å². The van der Waals surface area contributed by atoms with E-state index in [1.54, 1.807) is 0 Å². The molecular formula is C20H24ClNO2. The second kappa shape index (κ2) is 7.12. The molecule has 1 heterocycles. The smallest absolute Gasteiger partial charge is 0.314 e. The number of piperidine rings is 1. The summed E-state index contributed by atoms with van der Waals surface area (Å²) in [4.78, 5) is 13.5. The Morgan fingerprint density at radius 2 is 1.88 bits per heavy atom. The molecule has 1 aromatic carbocycles. The first kappa shape index (κ1) is 17.2. The van der Waals surface area contributed by atoms with Crippen LogP contribution in [-0.4, -0.2) is 29.1 Å². The van der Waals surface area contributed by atoms with E-state index in [1.807, 2.05) is 30.4 Å². The molecule has 0 unspecified atom stereocenters. The zero-order valence-corrected chi connectivity index (χ0v) is 14.7. The Morgan fingerprint density at radius 1 is 1.25 bits per heavy atom. The second-order valence-corrected chi connectivity index (χ2v) is 7.50. The second-order valence-electron chi connectivity index (χ2n) is 7.09. The van der Waals surface area contributed by atoms with Gasteiger partial charge in [-0.05, 0) is 43.5 Å². The minimum absolute atomic E-state index is 0.0254. The number of likely N-dealkylation sites (tertiary alicyclic amines) is 1. The van der Waals surface area contributed by atoms with Gasteiger partial charge in [0.05, 0.1) is 5.92 Å². The topological polar surface area (TPSA) is 40.5 Å². The van der Waals surface area contributed by atoms with Crippen molar-refractivity contribution in [3.63, 3.8) is 0 Å². The third-order valence-corrected chi connectivity index (χ3v) is 5.80. The molecular weight excluding hydrogens is 322 g/mol. The molecule has 2 aliphatic rings. The lowest BCUT2D eigenvalue weighted by Crippen LogP contribution is -2.39. The summed E-state index contributed by atoms with van der Waals surface area (Å²) in [5.41, 5.74) is 1.16. The number of aliphatic carboxylic acids is 1. The fraction of sp³-hybridized carbons (Fsp3) is 0.450. The maximum atomic E-state index is 11.1. The molecule has 1 aromatic rings. The number of carboxylic acid groups (broad SMARTS) is 1. The van der Waals surface area contributed by atoms with Gasteiger partial charge in [-0.1, -0.05) is 61.0 Å². The minimum atomic E-state index is -0.779. The van der Waals surface area contributed by atoms with Crippen molar-refractivity contribution in [3.8, 4) is 0 Å². The number of allylic oxidation sites excluding steroid dienone is 2. The maximum absolute atomic E-state index is 11.1. The van der Waals surface area contributed by atoms with Crippen molar-refractivity contribution in [3.05, 3.63) is 59.2 Å². The van der Waals surface area contributed by atoms with Crippen LogP contribution < -0.4 is 0 Å². The van der Waals surface area contributed by atoms with E-state index in [0.29, 0.717) is 5.92 Å². The normalized spacial score (nSPS) is 28.2. The third-order valence-electron chi connectivity index (χ3n) is 5.43. The standard InChI is InChI=1S/C20H24ClNO2/c1-20(10-6-15(7-11-20)19(23)24)17-8-12-22(13-9-17)14-16-4-2-3-5-18(16)21/h2-7,10-11,15,17H,8-9,12-14H2,1H3,(H,23,24). The molecule has 0 radical (unpaired) electrons. The minimum Gasteiger partial charge on any atom is -0.481 e. The number of rotatable bonds is 4. The SMILES string of the molecule is CC1(C2CCN(Cc3ccccc3Cl)CC2)C=CC(C(=O)O)C=C1. The molecule has 0 atom stereocenters. The Balaban J connectivity index is 1.58. The van der Waals surface area contributed by atoms with E-state index in [2.05, 4.69) is 30.0 Å². The number of carbonyl (C=O) groups is 1. The van der Waals surface area contributed by atoms with Crippen LogP contribution in [0.4, 0.5) is 0 Å². The van der Waals surface area contributed by atoms with Gasteiger partial charge in [-0.3, -0.25) is 9.69 Å². The highest BCUT2D eigenvalue weighted by atomic mass is 35.5. The molecule has 4 heteroatoms. The van der Waals surface area contributed by atoms with Crippen LogP contribution in [0.5, 0.6) is 0 Å². The molecule has 3 nitrogen and oxygen atoms in total. The summed E-state index contributed by atoms with van der Waals surface area (Å²) in [6, 6.07) is 8.03. The lowest BCUT2D eigenvalue weighted by Gasteiger charge is -2.41. The molecule has 1 N–H and O–H groups in total. The molecule has 0 saturated carbocycles. The van der Waals surface area contributed by atoms with E-state index in [-0.39, 0.29) is 5.41 Å². The highest BCUT2D eigenvalue weighted by Crippen LogP contribution is 2.40. The maximum Gasteiger partial charge on any atom is 0.314 e. The van der Waals surface area contributed by atoms with Gasteiger partial charge in [-0.2, -0.15) is 0 Å². The monoisotopic (exact) mass is 345 g/mol. The Hall–Kier alpha value is -1.58. The van der Waals surface area contributed by atoms with Gasteiger partial charge >= 0.3 is 5.97 Å². The van der Waals surface area contributed by atoms with E-state index in [1.165, 1.54) is 5.56 Å². The van der Waals surface area contributed by atoms with Gasteiger partial charge in [0.1, 0.15) is 0 Å². The molecule has 1 aliphatic carbocycles. The van der Waals surface area contributed by atoms with Crippen LogP contribution in [0.15, 0.2) is 48.6 Å². The van der Waals surface area contributed by atoms with Crippen molar-refractivity contribution in [2.45, 2.75) is 26.3 Å². The average molecular weight is 346 g/mol. The summed E-state index contributed by atoms with van der Waals surface area (Å²) in [5.74, 6) is -0.695. The lowest BCUT2D eigenvalue weighted by molar-refractivity contribution is -0.138. The number of carboxylic acids is 1. The fourth-order valence-corrected chi connectivity index (χ4v) is 3.95. The summed E-state index contributed by atoms with van der Waals surface area (Å²) in [7, 11) is 0. The van der Waals surface area contributed by atoms with Gasteiger partial charge < -0.3 is 5.11 Å². The van der Waals surface area contributed by atoms with Crippen LogP contribution in [0.3, 0.4) is 0 Å². The summed E-state index contributed by atoms with van der Waals surface area (Å²) >= 11 is 6.26. The van der Waals surface area contributed by atoms with Gasteiger partial charge in [-0.25, -0.2) is 0 Å². The van der Waals surface area contributed by atoms with Crippen molar-refractivity contribution in [1.82, 2.24) is 4.90 Å². The highest BCUT2D eigenvalue weighted by Gasteiger charge is 2.34. The first-order chi connectivity index (χ1) is 11.5. The molecule has 0 spiro atoms. The third kappa shape index (κ3) is 3.73. The van der Waals surface area contributed by atoms with E-state index in [9.17, 15) is 4.79 Å². The van der Waals surface area contributed by atoms with Crippen LogP contribution in [0.25, 0.3) is 0 Å². The summed E-state index contributed by atoms with van der Waals surface area (Å²) < 4.78 is 0. The molecule has 128 valence electrons. The number of hydrogen-bond donors (Lipinski definition) is 1. The van der Waals surface area contributed by atoms with E-state index in [0.717, 1.165) is 37.5 Å². The van der Waals surface area contributed by atoms with Gasteiger partial charge in [0.25, 0.3) is 0 Å². The average Bonchev–Trinajstić information content (AvgIpc) is 2.58. The zero-order chi connectivity index (χ0) is 17.2. The Kier molecular flexibility index (Phi) is 5.12. The first-order valence-corrected chi connectivity index (χ1v) is 8.93. The van der Waals surface area contributed by atoms with Gasteiger partial charge in [0.15, 0.2) is 0 Å². The molecule has 24 heavy (non-hydrogen) atoms. The van der Waals surface area contributed by atoms with Gasteiger partial charge in [0.2, 0.25) is 0 Å². The molecule has 0 bridgehead atoms. The van der Waals surface area contributed by atoms with Crippen LogP contribution in [0, 0.1) is 17.3 Å². The number of hydrogen-bond acceptors (Lipinski definition) is 2. The largest absolute Gasteiger partial charge is 0.481 e. The van der Waals surface area contributed by atoms with Gasteiger partial charge in [0, 0.05) is 17.0 Å². The highest BCUT2D eigenvalue weighted by molar-refractivity contribution is 6.31. The Morgan fingerprint density at radius 3 is 2.46 bits per heavy atom. The lowest BCUT2D eigenvalue weighted by atomic mass is 9.69. The van der Waals surface area contributed by atoms with E-state index >= 15 is 0 Å². The molecule has 0 aromatic heterocycles. The van der Waals surface area contributed by atoms with Crippen molar-refractivity contribution in [2.24, 2.45) is 17.3 Å². The van der Waals surface area contributed by atoms with Crippen molar-refractivity contribution < 1.29 is 9.90 Å². The number of benzene rings is 1. The van der Waals surface area contributed by atoms with Crippen LogP contribution in [0.2, 0.25) is 5.02 Å². The fourth-order valence-electron chi connectivity index (χ4n) is 3.76. The molecule has 1 fully saturated rings. The zero-order valence-electron chi connectivity index (χ0n) is 14.0. The van der Waals surface area contributed by atoms with Gasteiger partial charge in [-0.15, -0.1) is 0 Å². The molecule has 0 amide bonds. The Bertz CT molecular complexity index is 645.